The van der Waals surface area contributed by atoms with Gasteiger partial charge in [0.2, 0.25) is 6.33 Å². The average molecular weight is 1870 g/mol. The molecular weight excluding hydrogens is 1660 g/mol. The van der Waals surface area contributed by atoms with Crippen LogP contribution >= 0.6 is 0 Å². The Kier molecular flexibility index (Phi) is 58.6. The van der Waals surface area contributed by atoms with Crippen LogP contribution in [0, 0.1) is 100 Å². The Hall–Kier alpha value is -8.39. The van der Waals surface area contributed by atoms with Crippen LogP contribution < -0.4 is 4.57 Å². The second-order valence-corrected chi connectivity index (χ2v) is 51.7. The quantitative estimate of drug-likeness (QED) is 0.108. The lowest BCUT2D eigenvalue weighted by molar-refractivity contribution is -0.670. The minimum Gasteiger partial charge on any atom is -0.393 e. The van der Waals surface area contributed by atoms with Gasteiger partial charge in [0, 0.05) is 47.8 Å². The highest BCUT2D eigenvalue weighted by Gasteiger charge is 2.29. The van der Waals surface area contributed by atoms with Crippen LogP contribution in [0.1, 0.15) is 392 Å². The van der Waals surface area contributed by atoms with Gasteiger partial charge in [-0.05, 0) is 253 Å². The van der Waals surface area contributed by atoms with Gasteiger partial charge in [0.15, 0.2) is 0 Å². The molecule has 0 aliphatic heterocycles. The number of hydrogen-bond donors (Lipinski definition) is 4. The molecule has 7 heteroatoms. The zero-order chi connectivity index (χ0) is 104. The topological polar surface area (TPSA) is 97.3 Å². The summed E-state index contributed by atoms with van der Waals surface area (Å²) >= 11 is 0. The molecule has 3 saturated carbocycles. The van der Waals surface area contributed by atoms with Crippen molar-refractivity contribution in [3.63, 3.8) is 0 Å². The molecule has 4 heterocycles. The molecule has 0 saturated heterocycles. The molecule has 0 bridgehead atoms. The van der Waals surface area contributed by atoms with Gasteiger partial charge in [0.1, 0.15) is 11.9 Å². The van der Waals surface area contributed by atoms with E-state index in [1.165, 1.54) is 148 Å². The Labute approximate surface area is 845 Å². The zero-order valence-electron chi connectivity index (χ0n) is 95.9. The molecule has 7 nitrogen and oxygen atoms in total. The van der Waals surface area contributed by atoms with Gasteiger partial charge in [-0.2, -0.15) is 0 Å². The van der Waals surface area contributed by atoms with Crippen molar-refractivity contribution < 1.29 is 9.67 Å². The van der Waals surface area contributed by atoms with Crippen molar-refractivity contribution in [2.24, 2.45) is 79.5 Å². The van der Waals surface area contributed by atoms with E-state index in [9.17, 15) is 0 Å². The summed E-state index contributed by atoms with van der Waals surface area (Å²) in [5.74, 6) is 3.51. The summed E-state index contributed by atoms with van der Waals surface area (Å²) in [7, 11) is 2.01. The fourth-order valence-electron chi connectivity index (χ4n) is 16.0. The number of para-hydroxylation sites is 1. The van der Waals surface area contributed by atoms with Crippen molar-refractivity contribution in [3.8, 4) is 0 Å². The summed E-state index contributed by atoms with van der Waals surface area (Å²) in [5.41, 5.74) is 23.5. The van der Waals surface area contributed by atoms with E-state index in [-0.39, 0.29) is 6.10 Å². The average Bonchev–Trinajstić information content (AvgIpc) is 1.68. The fraction of sp³-hybridized carbons (Fsp3) is 0.577. The first kappa shape index (κ1) is 127. The SMILES string of the molecule is CC(C)(C)C1CCCC1.CC(C)(C)C1CCCC1.CC(C)(C)Cc1c[nH]c2ccccc12.CC(C)(C)Cc1ccccc1.CC(C)(C)c1ccccc1.CC(C)Cc1cnc[nH]1.CCC(C)(C)C.CCc1c[n+](C)c[nH]1.C[C@H]1CC[C@H](O)C1.Cc1ccc(CC(C)(C)C)cc1.Cc1ccc(CC(C)(C)C)cc1.Cc1ccc(CC(C)(C)C)cc1.Cc1cccc(CC(C)(C)C)c1.c1ccncc1. The molecule has 14 rings (SSSR count). The number of aromatic amines is 3. The molecule has 0 radical (unpaired) electrons. The molecule has 4 N–H and O–H groups in total. The van der Waals surface area contributed by atoms with Crippen LogP contribution in [0.2, 0.25) is 0 Å². The summed E-state index contributed by atoms with van der Waals surface area (Å²) in [6, 6.07) is 70.6. The van der Waals surface area contributed by atoms with E-state index in [1.54, 1.807) is 18.7 Å². The number of aliphatic hydroxyl groups is 1. The van der Waals surface area contributed by atoms with E-state index in [0.29, 0.717) is 60.1 Å². The van der Waals surface area contributed by atoms with Crippen LogP contribution in [-0.4, -0.2) is 36.1 Å². The van der Waals surface area contributed by atoms with Crippen LogP contribution in [0.3, 0.4) is 0 Å². The van der Waals surface area contributed by atoms with Crippen LogP contribution in [-0.2, 0) is 63.8 Å². The second-order valence-electron chi connectivity index (χ2n) is 51.7. The Morgan fingerprint density at radius 1 is 0.380 bits per heavy atom. The third-order valence-electron chi connectivity index (χ3n) is 23.8. The van der Waals surface area contributed by atoms with E-state index in [0.717, 1.165) is 82.0 Å². The van der Waals surface area contributed by atoms with Gasteiger partial charge in [-0.1, -0.05) is 479 Å². The monoisotopic (exact) mass is 1870 g/mol. The van der Waals surface area contributed by atoms with Gasteiger partial charge >= 0.3 is 0 Å². The maximum atomic E-state index is 8.90. The number of nitrogens with zero attached hydrogens (tertiary/aromatic N) is 3. The van der Waals surface area contributed by atoms with E-state index in [1.807, 2.05) is 42.3 Å². The second kappa shape index (κ2) is 63.4. The molecule has 3 aliphatic rings. The summed E-state index contributed by atoms with van der Waals surface area (Å²) in [6.45, 7) is 87.9. The Balaban J connectivity index is 0.000000742. The van der Waals surface area contributed by atoms with E-state index in [2.05, 4.69) is 489 Å². The van der Waals surface area contributed by atoms with Crippen molar-refractivity contribution in [2.45, 2.75) is 410 Å². The molecule has 3 aliphatic carbocycles. The first-order chi connectivity index (χ1) is 63.3. The number of fused-ring (bicyclic) bond motifs is 1. The van der Waals surface area contributed by atoms with Crippen LogP contribution in [0.4, 0.5) is 0 Å². The number of aryl methyl sites for hydroxylation is 6. The van der Waals surface area contributed by atoms with Crippen molar-refractivity contribution in [1.82, 2.24) is 24.9 Å². The molecular formula is C130H209N6O+. The number of aliphatic hydroxyl groups excluding tert-OH is 1. The van der Waals surface area contributed by atoms with Crippen LogP contribution in [0.15, 0.2) is 244 Å². The number of rotatable bonds is 9. The van der Waals surface area contributed by atoms with Crippen molar-refractivity contribution >= 4 is 10.9 Å². The molecule has 4 aromatic heterocycles. The minimum atomic E-state index is 0.0231. The van der Waals surface area contributed by atoms with Crippen molar-refractivity contribution in [1.29, 1.82) is 0 Å². The maximum Gasteiger partial charge on any atom is 0.241 e. The molecule has 11 aromatic rings. The van der Waals surface area contributed by atoms with Crippen molar-refractivity contribution in [3.05, 3.63) is 316 Å². The number of aromatic nitrogens is 6. The normalized spacial score (nSPS) is 14.4. The zero-order valence-corrected chi connectivity index (χ0v) is 95.9. The molecule has 0 unspecified atom stereocenters. The Morgan fingerprint density at radius 3 is 1.02 bits per heavy atom. The Morgan fingerprint density at radius 2 is 0.752 bits per heavy atom. The number of nitrogens with one attached hydrogen (secondary N) is 3. The Bertz CT molecular complexity index is 4530. The molecule has 0 spiro atoms. The molecule has 2 atom stereocenters. The molecule has 7 aromatic carbocycles. The number of H-pyrrole nitrogens is 3. The number of benzene rings is 7. The summed E-state index contributed by atoms with van der Waals surface area (Å²) < 4.78 is 2.01. The number of hydrogen-bond acceptors (Lipinski definition) is 3. The molecule has 764 valence electrons. The standard InChI is InChI=1S/C13H17N.4C12H18.C11H16.C10H14.2C9H18.C7H12N2.C6H10N2.C6H12O.C6H14.C5H5N/c1-13(2,3)8-10-9-14-12-7-5-4-6-11(10)12;3*1-10-5-7-11(8-6-10)9-12(2,3)4;1-10-6-5-7-11(8-10)9-12(2,3)4;1-11(2,3)9-10-7-5-4-6-8-10;1-10(2,3)9-7-5-4-6-8-9;2*1-9(2,3)8-6-4-5-7-8;1-6(2)3-7-4-8-5-9-7;1-3-6-4-8(2)5-7-6;1-5-2-3-6(7)4-5;1-5-6(2,3)4;1-2-4-6-5-3-1/h4-7,9,14H,8H2,1-3H3;4*5-8H,9H2,1-4H3;4-8H,9H2,1-3H3;4-8H,1-3H3;2*8H,4-7H2,1-3H3;4-6H,3H2,1-2H3,(H,8,9);4-5H,3H2,1-2H3;5-7H,2-4H2,1H3;5H2,1-4H3;1-5H/p+1/t;;;;;;;;;;;5-,6-;;/m...........0../s1. The lowest BCUT2D eigenvalue weighted by Gasteiger charge is -2.26. The molecule has 3 fully saturated rings. The smallest absolute Gasteiger partial charge is 0.241 e. The first-order valence-electron chi connectivity index (χ1n) is 52.7. The summed E-state index contributed by atoms with van der Waals surface area (Å²) in [4.78, 5) is 17.2. The molecule has 0 amide bonds. The summed E-state index contributed by atoms with van der Waals surface area (Å²) in [5, 5.41) is 10.3. The van der Waals surface area contributed by atoms with E-state index < -0.39 is 0 Å². The largest absolute Gasteiger partial charge is 0.393 e. The van der Waals surface area contributed by atoms with Crippen LogP contribution in [0.5, 0.6) is 0 Å². The third-order valence-corrected chi connectivity index (χ3v) is 23.8. The maximum absolute atomic E-state index is 8.90. The highest BCUT2D eigenvalue weighted by Crippen LogP contribution is 2.40. The van der Waals surface area contributed by atoms with E-state index in [4.69, 9.17) is 5.11 Å². The third kappa shape index (κ3) is 70.0. The van der Waals surface area contributed by atoms with Gasteiger partial charge in [-0.15, -0.1) is 0 Å². The highest BCUT2D eigenvalue weighted by molar-refractivity contribution is 5.83. The first-order valence-corrected chi connectivity index (χ1v) is 52.7. The minimum absolute atomic E-state index is 0.0231. The van der Waals surface area contributed by atoms with Gasteiger partial charge in [0.05, 0.1) is 19.5 Å². The fourth-order valence-corrected chi connectivity index (χ4v) is 16.0. The lowest BCUT2D eigenvalue weighted by atomic mass is 9.80. The lowest BCUT2D eigenvalue weighted by Crippen LogP contribution is -2.22. The predicted octanol–water partition coefficient (Wildman–Crippen LogP) is 37.5. The molecule has 137 heavy (non-hydrogen) atoms. The summed E-state index contributed by atoms with van der Waals surface area (Å²) in [6.07, 6.45) is 38.7. The van der Waals surface area contributed by atoms with E-state index >= 15 is 0 Å². The van der Waals surface area contributed by atoms with Gasteiger partial charge in [-0.25, -0.2) is 14.5 Å². The highest BCUT2D eigenvalue weighted by atomic mass is 16.3. The van der Waals surface area contributed by atoms with Gasteiger partial charge in [0.25, 0.3) is 0 Å². The van der Waals surface area contributed by atoms with Crippen molar-refractivity contribution in [2.75, 3.05) is 0 Å². The number of pyridine rings is 1. The van der Waals surface area contributed by atoms with Gasteiger partial charge in [-0.3, -0.25) is 4.98 Å². The number of imidazole rings is 2. The van der Waals surface area contributed by atoms with Gasteiger partial charge < -0.3 is 15.1 Å². The predicted molar refractivity (Wildman–Crippen MR) is 608 cm³/mol. The van der Waals surface area contributed by atoms with Crippen LogP contribution in [0.25, 0.3) is 10.9 Å².